The van der Waals surface area contributed by atoms with Gasteiger partial charge in [-0.25, -0.2) is 0 Å². The number of rotatable bonds is 22. The summed E-state index contributed by atoms with van der Waals surface area (Å²) in [6.45, 7) is 11.5. The van der Waals surface area contributed by atoms with E-state index in [1.165, 1.54) is 103 Å². The predicted molar refractivity (Wildman–Crippen MR) is 133 cm³/mol. The normalized spacial score (nSPS) is 14.4. The summed E-state index contributed by atoms with van der Waals surface area (Å²) in [6.07, 6.45) is 23.7. The average Bonchev–Trinajstić information content (AvgIpc) is 2.75. The summed E-state index contributed by atoms with van der Waals surface area (Å²) in [5.74, 6) is 1.66. The maximum absolute atomic E-state index is 12.4. The second-order valence-corrected chi connectivity index (χ2v) is 9.58. The van der Waals surface area contributed by atoms with Gasteiger partial charge in [0.25, 0.3) is 0 Å². The van der Waals surface area contributed by atoms with E-state index in [0.717, 1.165) is 18.8 Å². The van der Waals surface area contributed by atoms with Crippen molar-refractivity contribution in [3.05, 3.63) is 0 Å². The fourth-order valence-corrected chi connectivity index (χ4v) is 4.81. The lowest BCUT2D eigenvalue weighted by molar-refractivity contribution is -0.148. The van der Waals surface area contributed by atoms with Gasteiger partial charge in [-0.3, -0.25) is 4.79 Å². The van der Waals surface area contributed by atoms with Gasteiger partial charge in [0.05, 0.1) is 12.5 Å². The molecule has 2 nitrogen and oxygen atoms in total. The molecule has 0 bridgehead atoms. The molecule has 0 amide bonds. The zero-order valence-electron chi connectivity index (χ0n) is 21.5. The number of carbonyl (C=O) groups excluding carboxylic acids is 1. The molecule has 0 N–H and O–H groups in total. The van der Waals surface area contributed by atoms with Crippen LogP contribution in [0.25, 0.3) is 0 Å². The minimum absolute atomic E-state index is 0.0388. The van der Waals surface area contributed by atoms with Crippen LogP contribution in [-0.4, -0.2) is 12.6 Å². The van der Waals surface area contributed by atoms with E-state index >= 15 is 0 Å². The molecule has 0 heterocycles. The van der Waals surface area contributed by atoms with Gasteiger partial charge in [0, 0.05) is 0 Å². The Labute approximate surface area is 190 Å². The van der Waals surface area contributed by atoms with Gasteiger partial charge in [-0.15, -0.1) is 0 Å². The molecular weight excluding hydrogens is 368 g/mol. The molecule has 0 aliphatic carbocycles. The van der Waals surface area contributed by atoms with Crippen LogP contribution in [0, 0.1) is 17.8 Å². The molecule has 0 aliphatic heterocycles. The molecule has 3 atom stereocenters. The van der Waals surface area contributed by atoms with Crippen LogP contribution >= 0.6 is 0 Å². The summed E-state index contributed by atoms with van der Waals surface area (Å²) in [5, 5.41) is 0. The van der Waals surface area contributed by atoms with Gasteiger partial charge in [-0.2, -0.15) is 0 Å². The van der Waals surface area contributed by atoms with Gasteiger partial charge < -0.3 is 4.74 Å². The highest BCUT2D eigenvalue weighted by Gasteiger charge is 2.24. The first kappa shape index (κ1) is 29.5. The maximum Gasteiger partial charge on any atom is 0.308 e. The predicted octanol–water partition coefficient (Wildman–Crippen LogP) is 9.50. The first-order valence-electron chi connectivity index (χ1n) is 13.8. The summed E-state index contributed by atoms with van der Waals surface area (Å²) in [7, 11) is 0. The Balaban J connectivity index is 4.59. The Morgan fingerprint density at radius 1 is 0.600 bits per heavy atom. The third-order valence-electron chi connectivity index (χ3n) is 6.91. The fraction of sp³-hybridized carbons (Fsp3) is 0.964. The lowest BCUT2D eigenvalue weighted by Gasteiger charge is -2.26. The van der Waals surface area contributed by atoms with E-state index < -0.39 is 0 Å². The van der Waals surface area contributed by atoms with Crippen molar-refractivity contribution < 1.29 is 9.53 Å². The van der Waals surface area contributed by atoms with Crippen molar-refractivity contribution in [1.29, 1.82) is 0 Å². The quantitative estimate of drug-likeness (QED) is 0.128. The van der Waals surface area contributed by atoms with Crippen molar-refractivity contribution in [3.63, 3.8) is 0 Å². The second-order valence-electron chi connectivity index (χ2n) is 9.58. The highest BCUT2D eigenvalue weighted by atomic mass is 16.5. The maximum atomic E-state index is 12.4. The minimum atomic E-state index is 0.0388. The Morgan fingerprint density at radius 3 is 1.57 bits per heavy atom. The van der Waals surface area contributed by atoms with Crippen molar-refractivity contribution in [1.82, 2.24) is 0 Å². The van der Waals surface area contributed by atoms with E-state index in [0.29, 0.717) is 12.5 Å². The highest BCUT2D eigenvalue weighted by molar-refractivity contribution is 5.72. The molecule has 30 heavy (non-hydrogen) atoms. The van der Waals surface area contributed by atoms with E-state index in [1.807, 2.05) is 6.92 Å². The lowest BCUT2D eigenvalue weighted by atomic mass is 9.80. The smallest absolute Gasteiger partial charge is 0.308 e. The summed E-state index contributed by atoms with van der Waals surface area (Å²) in [6, 6.07) is 0. The van der Waals surface area contributed by atoms with Gasteiger partial charge in [0.1, 0.15) is 0 Å². The number of ether oxygens (including phenoxy) is 1. The zero-order valence-corrected chi connectivity index (χ0v) is 21.5. The topological polar surface area (TPSA) is 26.3 Å². The molecule has 0 aliphatic rings. The average molecular weight is 425 g/mol. The molecule has 0 aromatic rings. The molecule has 3 unspecified atom stereocenters. The molecule has 2 heteroatoms. The van der Waals surface area contributed by atoms with Gasteiger partial charge in [0.15, 0.2) is 0 Å². The van der Waals surface area contributed by atoms with Crippen LogP contribution in [-0.2, 0) is 9.53 Å². The van der Waals surface area contributed by atoms with Crippen molar-refractivity contribution in [3.8, 4) is 0 Å². The first-order chi connectivity index (χ1) is 14.6. The van der Waals surface area contributed by atoms with Crippen molar-refractivity contribution in [2.45, 2.75) is 150 Å². The van der Waals surface area contributed by atoms with Gasteiger partial charge in [0.2, 0.25) is 0 Å². The molecule has 0 saturated heterocycles. The van der Waals surface area contributed by atoms with Crippen molar-refractivity contribution in [2.75, 3.05) is 6.61 Å². The molecule has 0 saturated carbocycles. The summed E-state index contributed by atoms with van der Waals surface area (Å²) >= 11 is 0. The third kappa shape index (κ3) is 16.2. The Kier molecular flexibility index (Phi) is 21.3. The minimum Gasteiger partial charge on any atom is -0.466 e. The van der Waals surface area contributed by atoms with Crippen LogP contribution in [0.1, 0.15) is 150 Å². The number of hydrogen-bond donors (Lipinski definition) is 0. The third-order valence-corrected chi connectivity index (χ3v) is 6.91. The van der Waals surface area contributed by atoms with E-state index in [2.05, 4.69) is 27.7 Å². The Bertz CT molecular complexity index is 366. The summed E-state index contributed by atoms with van der Waals surface area (Å²) in [4.78, 5) is 12.4. The first-order valence-corrected chi connectivity index (χ1v) is 13.8. The standard InChI is InChI=1S/C28H56O2/c1-6-11-13-15-17-19-21-25(8-3)23-26(22-20-18-16-14-12-7-2)24-27(9-4)28(29)30-10-5/h25-27H,6-24H2,1-5H3. The molecule has 0 radical (unpaired) electrons. The molecule has 180 valence electrons. The molecular formula is C28H56O2. The van der Waals surface area contributed by atoms with E-state index in [-0.39, 0.29) is 11.9 Å². The Hall–Kier alpha value is -0.530. The molecule has 0 aromatic heterocycles. The Morgan fingerprint density at radius 2 is 1.10 bits per heavy atom. The lowest BCUT2D eigenvalue weighted by Crippen LogP contribution is -2.22. The molecule has 0 spiro atoms. The SMILES string of the molecule is CCCCCCCCC(CC)CC(CCCCCCCC)CC(CC)C(=O)OCC. The number of esters is 1. The largest absolute Gasteiger partial charge is 0.466 e. The second kappa shape index (κ2) is 21.7. The monoisotopic (exact) mass is 424 g/mol. The van der Waals surface area contributed by atoms with Crippen molar-refractivity contribution >= 4 is 5.97 Å². The molecule has 0 fully saturated rings. The van der Waals surface area contributed by atoms with Crippen molar-refractivity contribution in [2.24, 2.45) is 17.8 Å². The van der Waals surface area contributed by atoms with Gasteiger partial charge in [-0.05, 0) is 38.0 Å². The van der Waals surface area contributed by atoms with Crippen LogP contribution in [0.3, 0.4) is 0 Å². The summed E-state index contributed by atoms with van der Waals surface area (Å²) in [5.41, 5.74) is 0. The molecule has 0 aromatic carbocycles. The fourth-order valence-electron chi connectivity index (χ4n) is 4.81. The van der Waals surface area contributed by atoms with Crippen LogP contribution < -0.4 is 0 Å². The van der Waals surface area contributed by atoms with E-state index in [9.17, 15) is 4.79 Å². The van der Waals surface area contributed by atoms with Crippen LogP contribution in [0.5, 0.6) is 0 Å². The molecule has 0 rings (SSSR count). The van der Waals surface area contributed by atoms with Gasteiger partial charge >= 0.3 is 5.97 Å². The zero-order chi connectivity index (χ0) is 22.5. The van der Waals surface area contributed by atoms with Crippen LogP contribution in [0.2, 0.25) is 0 Å². The van der Waals surface area contributed by atoms with E-state index in [1.54, 1.807) is 0 Å². The summed E-state index contributed by atoms with van der Waals surface area (Å²) < 4.78 is 5.37. The highest BCUT2D eigenvalue weighted by Crippen LogP contribution is 2.31. The van der Waals surface area contributed by atoms with E-state index in [4.69, 9.17) is 4.74 Å². The number of hydrogen-bond acceptors (Lipinski definition) is 2. The van der Waals surface area contributed by atoms with Crippen LogP contribution in [0.15, 0.2) is 0 Å². The number of carbonyl (C=O) groups is 1. The van der Waals surface area contributed by atoms with Gasteiger partial charge in [-0.1, -0.05) is 124 Å². The number of unbranched alkanes of at least 4 members (excludes halogenated alkanes) is 10. The van der Waals surface area contributed by atoms with Crippen LogP contribution in [0.4, 0.5) is 0 Å².